The molecule has 9 nitrogen and oxygen atoms in total. The first-order chi connectivity index (χ1) is 13.7. The Morgan fingerprint density at radius 2 is 1.75 bits per heavy atom. The van der Waals surface area contributed by atoms with E-state index in [4.69, 9.17) is 14.2 Å². The molecule has 0 saturated heterocycles. The summed E-state index contributed by atoms with van der Waals surface area (Å²) in [5, 5.41) is 14.6. The molecule has 0 amide bonds. The van der Waals surface area contributed by atoms with Gasteiger partial charge in [0.05, 0.1) is 21.3 Å². The van der Waals surface area contributed by atoms with Gasteiger partial charge in [0, 0.05) is 50.8 Å². The van der Waals surface area contributed by atoms with Gasteiger partial charge in [-0.3, -0.25) is 4.99 Å². The highest BCUT2D eigenvalue weighted by molar-refractivity contribution is 5.79. The predicted molar refractivity (Wildman–Crippen MR) is 109 cm³/mol. The lowest BCUT2D eigenvalue weighted by molar-refractivity contribution is 0.368. The number of aryl methyl sites for hydroxylation is 1. The number of benzene rings is 1. The highest BCUT2D eigenvalue weighted by Crippen LogP contribution is 2.34. The molecular formula is C19H30N6O3. The van der Waals surface area contributed by atoms with Crippen LogP contribution < -0.4 is 24.8 Å². The van der Waals surface area contributed by atoms with Crippen LogP contribution in [0.1, 0.15) is 18.3 Å². The van der Waals surface area contributed by atoms with Gasteiger partial charge in [-0.15, -0.1) is 10.2 Å². The van der Waals surface area contributed by atoms with E-state index in [1.165, 1.54) is 0 Å². The van der Waals surface area contributed by atoms with Crippen LogP contribution in [0.3, 0.4) is 0 Å². The Morgan fingerprint density at radius 1 is 1.07 bits per heavy atom. The van der Waals surface area contributed by atoms with Crippen molar-refractivity contribution < 1.29 is 14.2 Å². The van der Waals surface area contributed by atoms with Crippen LogP contribution in [-0.4, -0.2) is 62.2 Å². The van der Waals surface area contributed by atoms with Crippen LogP contribution in [0.2, 0.25) is 0 Å². The number of guanidine groups is 1. The minimum absolute atomic E-state index is 0.672. The highest BCUT2D eigenvalue weighted by Gasteiger charge is 2.13. The lowest BCUT2D eigenvalue weighted by Crippen LogP contribution is -2.39. The normalized spacial score (nSPS) is 11.2. The molecule has 0 radical (unpaired) electrons. The average molecular weight is 390 g/mol. The van der Waals surface area contributed by atoms with E-state index in [9.17, 15) is 0 Å². The molecule has 2 aromatic rings. The Bertz CT molecular complexity index is 750. The number of aromatic nitrogens is 3. The standard InChI is InChI=1S/C19H30N6O3/c1-6-18-24-23-13-25(18)10-9-22-19(20-2)21-8-7-15-16(27-4)11-14(26-3)12-17(15)28-5/h11-13H,6-10H2,1-5H3,(H2,20,21,22). The van der Waals surface area contributed by atoms with Gasteiger partial charge in [0.1, 0.15) is 29.4 Å². The monoisotopic (exact) mass is 390 g/mol. The maximum Gasteiger partial charge on any atom is 0.191 e. The molecule has 0 aliphatic heterocycles. The fraction of sp³-hybridized carbons (Fsp3) is 0.526. The molecule has 0 bridgehead atoms. The predicted octanol–water partition coefficient (Wildman–Crippen LogP) is 1.27. The summed E-state index contributed by atoms with van der Waals surface area (Å²) >= 11 is 0. The zero-order valence-electron chi connectivity index (χ0n) is 17.3. The molecule has 0 atom stereocenters. The smallest absolute Gasteiger partial charge is 0.191 e. The van der Waals surface area contributed by atoms with Crippen molar-refractivity contribution >= 4 is 5.96 Å². The van der Waals surface area contributed by atoms with Crippen LogP contribution in [0.5, 0.6) is 17.2 Å². The van der Waals surface area contributed by atoms with Crippen molar-refractivity contribution in [3.8, 4) is 17.2 Å². The number of nitrogens with one attached hydrogen (secondary N) is 2. The minimum Gasteiger partial charge on any atom is -0.496 e. The van der Waals surface area contributed by atoms with Gasteiger partial charge in [-0.05, 0) is 6.42 Å². The fourth-order valence-electron chi connectivity index (χ4n) is 2.88. The first kappa shape index (κ1) is 21.3. The van der Waals surface area contributed by atoms with Crippen molar-refractivity contribution in [1.82, 2.24) is 25.4 Å². The van der Waals surface area contributed by atoms with E-state index in [1.807, 2.05) is 16.7 Å². The average Bonchev–Trinajstić information content (AvgIpc) is 3.19. The molecule has 0 aliphatic carbocycles. The zero-order chi connectivity index (χ0) is 20.4. The fourth-order valence-corrected chi connectivity index (χ4v) is 2.88. The summed E-state index contributed by atoms with van der Waals surface area (Å²) in [7, 11) is 6.65. The summed E-state index contributed by atoms with van der Waals surface area (Å²) in [5.41, 5.74) is 0.978. The maximum atomic E-state index is 5.49. The third-order valence-electron chi connectivity index (χ3n) is 4.37. The van der Waals surface area contributed by atoms with Gasteiger partial charge in [-0.1, -0.05) is 6.92 Å². The first-order valence-corrected chi connectivity index (χ1v) is 9.26. The maximum absolute atomic E-state index is 5.49. The van der Waals surface area contributed by atoms with E-state index in [1.54, 1.807) is 34.7 Å². The molecule has 1 aromatic carbocycles. The van der Waals surface area contributed by atoms with Crippen molar-refractivity contribution in [2.75, 3.05) is 41.5 Å². The molecule has 2 rings (SSSR count). The third kappa shape index (κ3) is 5.51. The number of aliphatic imine (C=N–C) groups is 1. The lowest BCUT2D eigenvalue weighted by Gasteiger charge is -2.16. The second-order valence-electron chi connectivity index (χ2n) is 5.98. The summed E-state index contributed by atoms with van der Waals surface area (Å²) in [4.78, 5) is 4.26. The SMILES string of the molecule is CCc1nncn1CCNC(=NC)NCCc1c(OC)cc(OC)cc1OC. The lowest BCUT2D eigenvalue weighted by atomic mass is 10.1. The summed E-state index contributed by atoms with van der Waals surface area (Å²) in [6.07, 6.45) is 3.32. The van der Waals surface area contributed by atoms with E-state index in [2.05, 4.69) is 32.7 Å². The molecule has 0 aliphatic rings. The van der Waals surface area contributed by atoms with Gasteiger partial charge < -0.3 is 29.4 Å². The Labute approximate surface area is 166 Å². The summed E-state index contributed by atoms with van der Waals surface area (Å²) in [6.45, 7) is 4.23. The molecule has 1 aromatic heterocycles. The number of hydrogen-bond acceptors (Lipinski definition) is 6. The number of methoxy groups -OCH3 is 3. The summed E-state index contributed by atoms with van der Waals surface area (Å²) in [6, 6.07) is 3.71. The van der Waals surface area contributed by atoms with Gasteiger partial charge >= 0.3 is 0 Å². The van der Waals surface area contributed by atoms with Crippen molar-refractivity contribution in [3.05, 3.63) is 29.8 Å². The largest absolute Gasteiger partial charge is 0.496 e. The Morgan fingerprint density at radius 3 is 2.32 bits per heavy atom. The van der Waals surface area contributed by atoms with E-state index in [0.29, 0.717) is 18.7 Å². The van der Waals surface area contributed by atoms with Crippen LogP contribution in [0.15, 0.2) is 23.5 Å². The van der Waals surface area contributed by atoms with Crippen LogP contribution in [0.4, 0.5) is 0 Å². The molecule has 0 unspecified atom stereocenters. The second kappa shape index (κ2) is 11.0. The van der Waals surface area contributed by atoms with E-state index in [0.717, 1.165) is 48.4 Å². The van der Waals surface area contributed by atoms with Gasteiger partial charge in [-0.25, -0.2) is 0 Å². The Kier molecular flexibility index (Phi) is 8.38. The van der Waals surface area contributed by atoms with Crippen molar-refractivity contribution in [2.24, 2.45) is 4.99 Å². The van der Waals surface area contributed by atoms with Crippen LogP contribution >= 0.6 is 0 Å². The second-order valence-corrected chi connectivity index (χ2v) is 5.98. The summed E-state index contributed by atoms with van der Waals surface area (Å²) in [5.74, 6) is 3.88. The molecule has 0 fully saturated rings. The third-order valence-corrected chi connectivity index (χ3v) is 4.37. The quantitative estimate of drug-likeness (QED) is 0.466. The van der Waals surface area contributed by atoms with E-state index >= 15 is 0 Å². The van der Waals surface area contributed by atoms with Crippen LogP contribution in [0.25, 0.3) is 0 Å². The number of ether oxygens (including phenoxy) is 3. The molecule has 0 saturated carbocycles. The highest BCUT2D eigenvalue weighted by atomic mass is 16.5. The first-order valence-electron chi connectivity index (χ1n) is 9.26. The number of rotatable bonds is 10. The Hall–Kier alpha value is -2.97. The number of hydrogen-bond donors (Lipinski definition) is 2. The van der Waals surface area contributed by atoms with Gasteiger partial charge in [0.15, 0.2) is 5.96 Å². The van der Waals surface area contributed by atoms with Crippen LogP contribution in [-0.2, 0) is 19.4 Å². The number of nitrogens with zero attached hydrogens (tertiary/aromatic N) is 4. The molecule has 2 N–H and O–H groups in total. The minimum atomic E-state index is 0.672. The Balaban J connectivity index is 1.89. The molecule has 154 valence electrons. The molecule has 1 heterocycles. The van der Waals surface area contributed by atoms with Crippen molar-refractivity contribution in [3.63, 3.8) is 0 Å². The zero-order valence-corrected chi connectivity index (χ0v) is 17.3. The van der Waals surface area contributed by atoms with E-state index < -0.39 is 0 Å². The topological polar surface area (TPSA) is 94.8 Å². The molecule has 0 spiro atoms. The van der Waals surface area contributed by atoms with Crippen molar-refractivity contribution in [1.29, 1.82) is 0 Å². The van der Waals surface area contributed by atoms with Crippen LogP contribution in [0, 0.1) is 0 Å². The van der Waals surface area contributed by atoms with Gasteiger partial charge in [0.25, 0.3) is 0 Å². The van der Waals surface area contributed by atoms with Gasteiger partial charge in [-0.2, -0.15) is 0 Å². The molecule has 9 heteroatoms. The molecular weight excluding hydrogens is 360 g/mol. The summed E-state index contributed by atoms with van der Waals surface area (Å²) < 4.78 is 18.3. The van der Waals surface area contributed by atoms with E-state index in [-0.39, 0.29) is 0 Å². The molecule has 28 heavy (non-hydrogen) atoms. The van der Waals surface area contributed by atoms with Crippen molar-refractivity contribution in [2.45, 2.75) is 26.3 Å². The van der Waals surface area contributed by atoms with Gasteiger partial charge in [0.2, 0.25) is 0 Å².